The second kappa shape index (κ2) is 66.0. The van der Waals surface area contributed by atoms with Gasteiger partial charge in [0.15, 0.2) is 0 Å². The summed E-state index contributed by atoms with van der Waals surface area (Å²) in [6, 6.07) is 126. The summed E-state index contributed by atoms with van der Waals surface area (Å²) in [5.74, 6) is 0. The molecule has 0 amide bonds. The predicted molar refractivity (Wildman–Crippen MR) is 569 cm³/mol. The Morgan fingerprint density at radius 3 is 0.720 bits per heavy atom. The molecule has 21 heteroatoms. The molecule has 0 unspecified atom stereocenters. The second-order valence-electron chi connectivity index (χ2n) is 33.2. The van der Waals surface area contributed by atoms with Crippen LogP contribution in [0.4, 0.5) is 0 Å². The first kappa shape index (κ1) is 114. The van der Waals surface area contributed by atoms with Crippen molar-refractivity contribution in [1.29, 1.82) is 0 Å². The normalized spacial score (nSPS) is 12.0. The summed E-state index contributed by atoms with van der Waals surface area (Å²) in [5, 5.41) is 0. The molecule has 17 nitrogen and oxygen atoms in total. The first-order valence-corrected chi connectivity index (χ1v) is 48.5. The zero-order valence-corrected chi connectivity index (χ0v) is 90.1. The van der Waals surface area contributed by atoms with E-state index < -0.39 is 0 Å². The number of pyridine rings is 9. The van der Waals surface area contributed by atoms with Gasteiger partial charge in [-0.2, -0.15) is 26.7 Å². The van der Waals surface area contributed by atoms with Gasteiger partial charge in [-0.15, -0.1) is 108 Å². The minimum absolute atomic E-state index is 0. The standard InChI is InChI=1S/C22H15N2.2C16H11N2.C15H11N3.3C14H19N2.C11H21N2.Au.Pd.2Pt/c1-3-9-17(10-4-1)19-15-21(18-11-5-2-6-12-18)24-22(16-19)20-13-7-8-14-23-20;2*1-2-7-13(8-3-1)14-10-6-11-16(18-14)15-9-4-5-12-17-15;1-3-10-16-12(6-1)14-8-5-9-15(18-14)13-7-2-4-11-17-13;3*1-2-3-9-15-10-11-16(13-15)12-14-7-5-4-6-8-14;1-3-5-7-12-9-10-13(11-12)8-6-4-2;;;;/h1-11,13-16H;2*1-7,9-12H;1-11H;3*4-8,10-11,13H,2-3,9,12H2,1H3;9-11H,3-8H2,1-2H3;;;;/q3*-1;;4*-1;;+2;;+2. The molecule has 4 aliphatic rings. The van der Waals surface area contributed by atoms with E-state index in [0.717, 1.165) is 154 Å². The molecule has 0 atom stereocenters. The smallest absolute Gasteiger partial charge is 0.508 e. The van der Waals surface area contributed by atoms with Gasteiger partial charge in [-0.25, -0.2) is 4.98 Å². The summed E-state index contributed by atoms with van der Waals surface area (Å²) < 4.78 is 0. The third kappa shape index (κ3) is 39.7. The molecular formula is C122H126AuN17PdPt2-3. The van der Waals surface area contributed by atoms with Crippen molar-refractivity contribution in [2.45, 2.75) is 118 Å². The third-order valence-corrected chi connectivity index (χ3v) is 22.2. The number of nitrogens with zero attached hydrogens (tertiary/aromatic N) is 17. The average Bonchev–Trinajstić information content (AvgIpc) is 1.48. The van der Waals surface area contributed by atoms with Crippen molar-refractivity contribution in [2.24, 2.45) is 0 Å². The molecule has 16 aromatic rings. The van der Waals surface area contributed by atoms with Crippen LogP contribution in [0.15, 0.2) is 432 Å². The van der Waals surface area contributed by atoms with E-state index in [1.54, 1.807) is 31.0 Å². The maximum atomic E-state index is 4.81. The van der Waals surface area contributed by atoms with Crippen LogP contribution in [-0.2, 0) is 105 Å². The van der Waals surface area contributed by atoms with Crippen molar-refractivity contribution in [1.82, 2.24) is 84.1 Å². The quantitative estimate of drug-likeness (QED) is 0.0311. The molecule has 143 heavy (non-hydrogen) atoms. The molecule has 0 spiro atoms. The molecule has 0 saturated heterocycles. The van der Waals surface area contributed by atoms with Gasteiger partial charge in [0.2, 0.25) is 0 Å². The number of benzene rings is 7. The van der Waals surface area contributed by atoms with E-state index in [1.807, 2.05) is 237 Å². The van der Waals surface area contributed by atoms with E-state index in [0.29, 0.717) is 0 Å². The third-order valence-electron chi connectivity index (χ3n) is 22.2. The van der Waals surface area contributed by atoms with Crippen LogP contribution in [0.3, 0.4) is 0 Å². The summed E-state index contributed by atoms with van der Waals surface area (Å²) in [5.41, 5.74) is 20.8. The zero-order valence-electron chi connectivity index (χ0n) is 81.9. The number of rotatable bonds is 30. The Labute approximate surface area is 908 Å². The largest absolute Gasteiger partial charge is 2.00 e. The van der Waals surface area contributed by atoms with Crippen molar-refractivity contribution in [3.63, 3.8) is 0 Å². The van der Waals surface area contributed by atoms with E-state index in [2.05, 4.69) is 323 Å². The summed E-state index contributed by atoms with van der Waals surface area (Å²) in [6.07, 6.45) is 38.7. The molecule has 0 N–H and O–H groups in total. The summed E-state index contributed by atoms with van der Waals surface area (Å²) >= 11 is 0. The second-order valence-corrected chi connectivity index (χ2v) is 33.2. The van der Waals surface area contributed by atoms with Crippen molar-refractivity contribution in [3.05, 3.63) is 494 Å². The maximum absolute atomic E-state index is 4.81. The predicted octanol–water partition coefficient (Wildman–Crippen LogP) is 28.1. The van der Waals surface area contributed by atoms with Crippen LogP contribution in [0.25, 0.3) is 102 Å². The summed E-state index contributed by atoms with van der Waals surface area (Å²) in [7, 11) is 0. The minimum atomic E-state index is 0. The molecule has 4 aliphatic heterocycles. The van der Waals surface area contributed by atoms with Crippen LogP contribution in [0.5, 0.6) is 0 Å². The van der Waals surface area contributed by atoms with E-state index in [9.17, 15) is 0 Å². The van der Waals surface area contributed by atoms with Gasteiger partial charge in [0.25, 0.3) is 0 Å². The Bertz CT molecular complexity index is 5450. The van der Waals surface area contributed by atoms with E-state index >= 15 is 0 Å². The molecule has 1 radical (unpaired) electrons. The molecule has 0 bridgehead atoms. The number of unbranched alkanes of at least 4 members (excludes halogenated alkanes) is 5. The average molecular weight is 2520 g/mol. The monoisotopic (exact) mass is 2520 g/mol. The fourth-order valence-corrected chi connectivity index (χ4v) is 14.8. The van der Waals surface area contributed by atoms with Crippen molar-refractivity contribution in [3.8, 4) is 102 Å². The SMILES string of the molecule is CCCCN1C=CN(CCCC)[CH-]1.CCCCN1C=CN(Cc2ccccc2)[CH-]1.CCCCN1C=CN(Cc2ccccc2)[CH-]1.CCCCN1C=CN(Cc2ccccc2)[CH-]1.[Au].[Pd+2].[Pt+2].[Pt].[c-]1ccccc1-c1cc(-c2ccccc2)cc(-c2ccccn2)n1.[c-]1ccccc1-c1cccc(-c2ccccn2)n1.[c-]1ccccc1-c1cccc(-c2ccccn2)n1.c1ccc(-c2cccc(-c3ccccn3)n2)nc1. The van der Waals surface area contributed by atoms with Gasteiger partial charge in [-0.05, 0) is 250 Å². The molecule has 0 saturated carbocycles. The van der Waals surface area contributed by atoms with Crippen LogP contribution in [0.1, 0.15) is 116 Å². The van der Waals surface area contributed by atoms with E-state index in [4.69, 9.17) is 4.98 Å². The number of hydrogen-bond donors (Lipinski definition) is 0. The van der Waals surface area contributed by atoms with E-state index in [-0.39, 0.29) is 84.9 Å². The van der Waals surface area contributed by atoms with Gasteiger partial charge >= 0.3 is 41.5 Å². The first-order valence-electron chi connectivity index (χ1n) is 48.5. The molecular weight excluding hydrogens is 2400 g/mol. The van der Waals surface area contributed by atoms with Gasteiger partial charge in [0.05, 0.1) is 56.9 Å². The molecule has 0 fully saturated rings. The van der Waals surface area contributed by atoms with Crippen LogP contribution < -0.4 is 0 Å². The van der Waals surface area contributed by atoms with Crippen molar-refractivity contribution < 1.29 is 84.9 Å². The molecule has 743 valence electrons. The van der Waals surface area contributed by atoms with Crippen LogP contribution in [0, 0.1) is 44.9 Å². The van der Waals surface area contributed by atoms with Gasteiger partial charge in [0, 0.05) is 94.1 Å². The molecule has 9 aromatic heterocycles. The van der Waals surface area contributed by atoms with Crippen molar-refractivity contribution in [2.75, 3.05) is 32.7 Å². The fraction of sp³-hybridized carbons (Fsp3) is 0.189. The molecule has 7 aromatic carbocycles. The summed E-state index contributed by atoms with van der Waals surface area (Å²) in [6.45, 7) is 28.5. The summed E-state index contributed by atoms with van der Waals surface area (Å²) in [4.78, 5) is 58.3. The number of aromatic nitrogens is 9. The topological polar surface area (TPSA) is 142 Å². The Kier molecular flexibility index (Phi) is 52.4. The van der Waals surface area contributed by atoms with E-state index in [1.165, 1.54) is 80.9 Å². The zero-order chi connectivity index (χ0) is 96.0. The first-order chi connectivity index (χ1) is 68.7. The Balaban J connectivity index is 0.000000182. The Hall–Kier alpha value is -13.0. The maximum Gasteiger partial charge on any atom is 2.00 e. The van der Waals surface area contributed by atoms with Crippen LogP contribution in [-0.4, -0.2) is 117 Å². The van der Waals surface area contributed by atoms with Gasteiger partial charge in [0.1, 0.15) is 0 Å². The molecule has 13 heterocycles. The van der Waals surface area contributed by atoms with Gasteiger partial charge in [-0.3, -0.25) is 39.9 Å². The van der Waals surface area contributed by atoms with Crippen LogP contribution >= 0.6 is 0 Å². The Morgan fingerprint density at radius 2 is 0.448 bits per heavy atom. The fourth-order valence-electron chi connectivity index (χ4n) is 14.8. The van der Waals surface area contributed by atoms with Crippen molar-refractivity contribution >= 4 is 0 Å². The van der Waals surface area contributed by atoms with Gasteiger partial charge in [-0.1, -0.05) is 255 Å². The van der Waals surface area contributed by atoms with Gasteiger partial charge < -0.3 is 39.2 Å². The minimum Gasteiger partial charge on any atom is -0.508 e. The van der Waals surface area contributed by atoms with Crippen LogP contribution in [0.2, 0.25) is 0 Å². The molecule has 20 rings (SSSR count). The molecule has 0 aliphatic carbocycles. The Morgan fingerprint density at radius 1 is 0.224 bits per heavy atom. The number of hydrogen-bond acceptors (Lipinski definition) is 17.